The Bertz CT molecular complexity index is 511. The van der Waals surface area contributed by atoms with Crippen LogP contribution in [-0.4, -0.2) is 52.6 Å². The molecule has 2 unspecified atom stereocenters. The van der Waals surface area contributed by atoms with Crippen LogP contribution in [0.3, 0.4) is 0 Å². The summed E-state index contributed by atoms with van der Waals surface area (Å²) in [6.07, 6.45) is 3.32. The molecular formula is C16H25N3O2. The van der Waals surface area contributed by atoms with Crippen LogP contribution in [0.1, 0.15) is 62.2 Å². The molecule has 21 heavy (non-hydrogen) atoms. The van der Waals surface area contributed by atoms with Gasteiger partial charge in [-0.05, 0) is 25.8 Å². The highest BCUT2D eigenvalue weighted by atomic mass is 16.5. The van der Waals surface area contributed by atoms with E-state index in [1.54, 1.807) is 0 Å². The van der Waals surface area contributed by atoms with Crippen LogP contribution in [0.15, 0.2) is 10.6 Å². The van der Waals surface area contributed by atoms with Crippen molar-refractivity contribution < 1.29 is 9.32 Å². The Kier molecular flexibility index (Phi) is 4.02. The summed E-state index contributed by atoms with van der Waals surface area (Å²) in [6.45, 7) is 9.43. The van der Waals surface area contributed by atoms with Crippen LogP contribution in [0.2, 0.25) is 0 Å². The Morgan fingerprint density at radius 2 is 2.14 bits per heavy atom. The van der Waals surface area contributed by atoms with E-state index in [4.69, 9.17) is 4.52 Å². The molecule has 3 heterocycles. The number of aromatic nitrogens is 1. The number of rotatable bonds is 3. The first kappa shape index (κ1) is 14.6. The van der Waals surface area contributed by atoms with Gasteiger partial charge in [0.1, 0.15) is 5.76 Å². The number of nitrogens with zero attached hydrogens (tertiary/aromatic N) is 3. The number of hydrogen-bond donors (Lipinski definition) is 0. The zero-order valence-electron chi connectivity index (χ0n) is 13.2. The molecule has 5 nitrogen and oxygen atoms in total. The predicted molar refractivity (Wildman–Crippen MR) is 80.3 cm³/mol. The van der Waals surface area contributed by atoms with E-state index in [-0.39, 0.29) is 11.8 Å². The maximum absolute atomic E-state index is 12.8. The fourth-order valence-corrected chi connectivity index (χ4v) is 3.56. The van der Waals surface area contributed by atoms with Crippen molar-refractivity contribution in [2.75, 3.05) is 19.6 Å². The molecule has 5 heteroatoms. The molecule has 3 rings (SSSR count). The van der Waals surface area contributed by atoms with Gasteiger partial charge in [-0.1, -0.05) is 25.9 Å². The number of carbonyl (C=O) groups excluding carboxylic acids is 1. The summed E-state index contributed by atoms with van der Waals surface area (Å²) in [7, 11) is 0. The molecule has 0 spiro atoms. The minimum absolute atomic E-state index is 0.0519. The first-order valence-corrected chi connectivity index (χ1v) is 8.11. The second-order valence-electron chi connectivity index (χ2n) is 6.55. The quantitative estimate of drug-likeness (QED) is 0.858. The minimum atomic E-state index is 0.0519. The summed E-state index contributed by atoms with van der Waals surface area (Å²) in [5.74, 6) is 1.10. The van der Waals surface area contributed by atoms with Gasteiger partial charge in [0.15, 0.2) is 5.69 Å². The molecule has 0 aromatic carbocycles. The molecule has 0 N–H and O–H groups in total. The molecule has 2 atom stereocenters. The zero-order chi connectivity index (χ0) is 15.0. The number of fused-ring (bicyclic) bond motifs is 2. The van der Waals surface area contributed by atoms with Gasteiger partial charge in [-0.2, -0.15) is 0 Å². The molecule has 0 radical (unpaired) electrons. The SMILES string of the molecule is CCN1CCC2CCC(C1)N2C(=O)c1cc(C(C)C)on1. The Labute approximate surface area is 126 Å². The maximum atomic E-state index is 12.8. The third-order valence-corrected chi connectivity index (χ3v) is 4.87. The number of hydrogen-bond acceptors (Lipinski definition) is 4. The van der Waals surface area contributed by atoms with Crippen molar-refractivity contribution in [1.82, 2.24) is 15.0 Å². The van der Waals surface area contributed by atoms with Crippen LogP contribution < -0.4 is 0 Å². The summed E-state index contributed by atoms with van der Waals surface area (Å²) >= 11 is 0. The smallest absolute Gasteiger partial charge is 0.276 e. The summed E-state index contributed by atoms with van der Waals surface area (Å²) in [6, 6.07) is 2.52. The number of likely N-dealkylation sites (N-methyl/N-ethyl adjacent to an activating group) is 1. The van der Waals surface area contributed by atoms with E-state index in [0.717, 1.165) is 44.7 Å². The highest BCUT2D eigenvalue weighted by molar-refractivity contribution is 5.93. The van der Waals surface area contributed by atoms with Crippen molar-refractivity contribution in [3.05, 3.63) is 17.5 Å². The Morgan fingerprint density at radius 1 is 1.38 bits per heavy atom. The third-order valence-electron chi connectivity index (χ3n) is 4.87. The lowest BCUT2D eigenvalue weighted by molar-refractivity contribution is 0.0660. The molecule has 1 aromatic rings. The Morgan fingerprint density at radius 3 is 2.81 bits per heavy atom. The van der Waals surface area contributed by atoms with E-state index in [0.29, 0.717) is 17.8 Å². The standard InChI is InChI=1S/C16H25N3O2/c1-4-18-8-7-12-5-6-13(10-18)19(12)16(20)14-9-15(11(2)3)21-17-14/h9,11-13H,4-8,10H2,1-3H3. The lowest BCUT2D eigenvalue weighted by atomic mass is 10.1. The van der Waals surface area contributed by atoms with Gasteiger partial charge >= 0.3 is 0 Å². The van der Waals surface area contributed by atoms with Crippen molar-refractivity contribution >= 4 is 5.91 Å². The molecule has 1 aromatic heterocycles. The van der Waals surface area contributed by atoms with Crippen molar-refractivity contribution in [3.63, 3.8) is 0 Å². The molecule has 2 fully saturated rings. The van der Waals surface area contributed by atoms with Gasteiger partial charge in [-0.15, -0.1) is 0 Å². The van der Waals surface area contributed by atoms with Crippen LogP contribution >= 0.6 is 0 Å². The fraction of sp³-hybridized carbons (Fsp3) is 0.750. The van der Waals surface area contributed by atoms with E-state index in [1.807, 2.05) is 19.9 Å². The van der Waals surface area contributed by atoms with Gasteiger partial charge in [0.05, 0.1) is 0 Å². The summed E-state index contributed by atoms with van der Waals surface area (Å²) in [4.78, 5) is 17.4. The highest BCUT2D eigenvalue weighted by Crippen LogP contribution is 2.31. The normalized spacial score (nSPS) is 26.4. The van der Waals surface area contributed by atoms with E-state index < -0.39 is 0 Å². The molecule has 2 aliphatic heterocycles. The van der Waals surface area contributed by atoms with Gasteiger partial charge in [0.25, 0.3) is 5.91 Å². The topological polar surface area (TPSA) is 49.6 Å². The van der Waals surface area contributed by atoms with Gasteiger partial charge in [0, 0.05) is 37.2 Å². The van der Waals surface area contributed by atoms with E-state index in [9.17, 15) is 4.79 Å². The second kappa shape index (κ2) is 5.79. The molecular weight excluding hydrogens is 266 g/mol. The molecule has 2 aliphatic rings. The second-order valence-corrected chi connectivity index (χ2v) is 6.55. The van der Waals surface area contributed by atoms with Crippen molar-refractivity contribution in [2.24, 2.45) is 0 Å². The van der Waals surface area contributed by atoms with Crippen LogP contribution in [-0.2, 0) is 0 Å². The molecule has 2 saturated heterocycles. The lowest BCUT2D eigenvalue weighted by Gasteiger charge is -2.27. The maximum Gasteiger partial charge on any atom is 0.276 e. The zero-order valence-corrected chi connectivity index (χ0v) is 13.2. The first-order valence-electron chi connectivity index (χ1n) is 8.11. The minimum Gasteiger partial charge on any atom is -0.360 e. The Hall–Kier alpha value is -1.36. The number of likely N-dealkylation sites (tertiary alicyclic amines) is 1. The average Bonchev–Trinajstić information content (AvgIpc) is 3.03. The van der Waals surface area contributed by atoms with E-state index in [1.165, 1.54) is 0 Å². The van der Waals surface area contributed by atoms with Crippen LogP contribution in [0.25, 0.3) is 0 Å². The summed E-state index contributed by atoms with van der Waals surface area (Å²) < 4.78 is 5.29. The highest BCUT2D eigenvalue weighted by Gasteiger charge is 2.40. The monoisotopic (exact) mass is 291 g/mol. The summed E-state index contributed by atoms with van der Waals surface area (Å²) in [5.41, 5.74) is 0.473. The third kappa shape index (κ3) is 2.71. The van der Waals surface area contributed by atoms with Crippen molar-refractivity contribution in [3.8, 4) is 0 Å². The van der Waals surface area contributed by atoms with Gasteiger partial charge in [-0.25, -0.2) is 0 Å². The predicted octanol–water partition coefficient (Wildman–Crippen LogP) is 2.50. The average molecular weight is 291 g/mol. The fourth-order valence-electron chi connectivity index (χ4n) is 3.56. The van der Waals surface area contributed by atoms with Crippen molar-refractivity contribution in [1.29, 1.82) is 0 Å². The molecule has 116 valence electrons. The molecule has 2 bridgehead atoms. The summed E-state index contributed by atoms with van der Waals surface area (Å²) in [5, 5.41) is 4.00. The first-order chi connectivity index (χ1) is 10.1. The molecule has 0 aliphatic carbocycles. The molecule has 0 saturated carbocycles. The number of amides is 1. The Balaban J connectivity index is 1.80. The van der Waals surface area contributed by atoms with E-state index >= 15 is 0 Å². The van der Waals surface area contributed by atoms with E-state index in [2.05, 4.69) is 21.9 Å². The molecule has 1 amide bonds. The largest absolute Gasteiger partial charge is 0.360 e. The van der Waals surface area contributed by atoms with Gasteiger partial charge in [0.2, 0.25) is 0 Å². The van der Waals surface area contributed by atoms with Gasteiger partial charge in [-0.3, -0.25) is 4.79 Å². The van der Waals surface area contributed by atoms with Crippen LogP contribution in [0.5, 0.6) is 0 Å². The van der Waals surface area contributed by atoms with Crippen LogP contribution in [0.4, 0.5) is 0 Å². The number of carbonyl (C=O) groups is 1. The van der Waals surface area contributed by atoms with Crippen LogP contribution in [0, 0.1) is 0 Å². The lowest BCUT2D eigenvalue weighted by Crippen LogP contribution is -2.43. The van der Waals surface area contributed by atoms with Crippen molar-refractivity contribution in [2.45, 2.75) is 58.0 Å². The van der Waals surface area contributed by atoms with Gasteiger partial charge < -0.3 is 14.3 Å².